The van der Waals surface area contributed by atoms with E-state index in [0.29, 0.717) is 0 Å². The largest absolute Gasteiger partial charge is 0.388 e. The molecule has 2 N–H and O–H groups in total. The average Bonchev–Trinajstić information content (AvgIpc) is 2.59. The molecule has 0 bridgehead atoms. The van der Waals surface area contributed by atoms with E-state index in [9.17, 15) is 5.11 Å². The second-order valence-electron chi connectivity index (χ2n) is 5.59. The minimum absolute atomic E-state index is 0.0125. The molecule has 0 heterocycles. The predicted octanol–water partition coefficient (Wildman–Crippen LogP) is 3.88. The molecule has 1 unspecified atom stereocenters. The molecule has 0 saturated heterocycles. The molecule has 3 aromatic rings. The second kappa shape index (κ2) is 6.73. The van der Waals surface area contributed by atoms with Crippen LogP contribution in [0.3, 0.4) is 0 Å². The minimum Gasteiger partial charge on any atom is -0.388 e. The number of fused-ring (bicyclic) bond motifs is 1. The van der Waals surface area contributed by atoms with Gasteiger partial charge in [-0.3, -0.25) is 0 Å². The van der Waals surface area contributed by atoms with Crippen molar-refractivity contribution in [3.05, 3.63) is 83.9 Å². The molecule has 112 valence electrons. The highest BCUT2D eigenvalue weighted by Crippen LogP contribution is 2.34. The zero-order valence-electron chi connectivity index (χ0n) is 12.7. The molecule has 0 radical (unpaired) electrons. The van der Waals surface area contributed by atoms with Gasteiger partial charge in [0.15, 0.2) is 0 Å². The normalized spacial score (nSPS) is 13.9. The fraction of sp³-hybridized carbons (Fsp3) is 0.200. The lowest BCUT2D eigenvalue weighted by molar-refractivity contribution is 0.145. The van der Waals surface area contributed by atoms with Crippen LogP contribution in [0.25, 0.3) is 10.8 Å². The van der Waals surface area contributed by atoms with Crippen LogP contribution >= 0.6 is 0 Å². The number of aliphatic hydroxyl groups excluding tert-OH is 1. The van der Waals surface area contributed by atoms with Gasteiger partial charge in [0, 0.05) is 12.5 Å². The van der Waals surface area contributed by atoms with E-state index in [2.05, 4.69) is 41.7 Å². The van der Waals surface area contributed by atoms with Crippen molar-refractivity contribution in [2.75, 3.05) is 13.6 Å². The third-order valence-corrected chi connectivity index (χ3v) is 4.17. The molecular formula is C20H21NO. The summed E-state index contributed by atoms with van der Waals surface area (Å²) in [5.41, 5.74) is 2.14. The van der Waals surface area contributed by atoms with Crippen LogP contribution in [-0.2, 0) is 0 Å². The van der Waals surface area contributed by atoms with Crippen molar-refractivity contribution < 1.29 is 5.11 Å². The summed E-state index contributed by atoms with van der Waals surface area (Å²) in [6.45, 7) is 0.726. The molecule has 3 rings (SSSR count). The molecule has 0 saturated carbocycles. The molecule has 0 amide bonds. The van der Waals surface area contributed by atoms with Crippen molar-refractivity contribution in [2.24, 2.45) is 0 Å². The van der Waals surface area contributed by atoms with E-state index in [1.54, 1.807) is 0 Å². The number of hydrogen-bond donors (Lipinski definition) is 2. The van der Waals surface area contributed by atoms with E-state index < -0.39 is 6.10 Å². The van der Waals surface area contributed by atoms with Crippen LogP contribution in [0.5, 0.6) is 0 Å². The molecular weight excluding hydrogens is 270 g/mol. The van der Waals surface area contributed by atoms with E-state index >= 15 is 0 Å². The number of hydrogen-bond acceptors (Lipinski definition) is 2. The monoisotopic (exact) mass is 291 g/mol. The lowest BCUT2D eigenvalue weighted by Gasteiger charge is -2.25. The lowest BCUT2D eigenvalue weighted by atomic mass is 9.86. The maximum absolute atomic E-state index is 10.9. The Hall–Kier alpha value is -2.16. The molecule has 0 aromatic heterocycles. The first-order valence-electron chi connectivity index (χ1n) is 7.66. The van der Waals surface area contributed by atoms with Gasteiger partial charge in [0.25, 0.3) is 0 Å². The average molecular weight is 291 g/mol. The molecule has 0 aliphatic rings. The summed E-state index contributed by atoms with van der Waals surface area (Å²) in [7, 11) is 1.93. The molecule has 22 heavy (non-hydrogen) atoms. The highest BCUT2D eigenvalue weighted by molar-refractivity contribution is 5.86. The third-order valence-electron chi connectivity index (χ3n) is 4.17. The standard InChI is InChI=1S/C20H21NO/c1-21-14-19(20(22)16-9-3-2-4-10-16)18-13-7-11-15-8-5-6-12-17(15)18/h2-13,19-22H,14H2,1H3/t19-,20?/m0/s1. The van der Waals surface area contributed by atoms with E-state index in [0.717, 1.165) is 12.1 Å². The molecule has 0 spiro atoms. The summed E-state index contributed by atoms with van der Waals surface area (Å²) in [6, 6.07) is 24.5. The number of nitrogens with one attached hydrogen (secondary N) is 1. The topological polar surface area (TPSA) is 32.3 Å². The minimum atomic E-state index is -0.528. The summed E-state index contributed by atoms with van der Waals surface area (Å²) >= 11 is 0. The Morgan fingerprint density at radius 2 is 1.55 bits per heavy atom. The van der Waals surface area contributed by atoms with Crippen molar-refractivity contribution in [3.8, 4) is 0 Å². The van der Waals surface area contributed by atoms with E-state index in [1.165, 1.54) is 16.3 Å². The predicted molar refractivity (Wildman–Crippen MR) is 92.0 cm³/mol. The van der Waals surface area contributed by atoms with Gasteiger partial charge in [-0.1, -0.05) is 72.8 Å². The quantitative estimate of drug-likeness (QED) is 0.748. The van der Waals surface area contributed by atoms with Gasteiger partial charge >= 0.3 is 0 Å². The fourth-order valence-electron chi connectivity index (χ4n) is 3.07. The summed E-state index contributed by atoms with van der Waals surface area (Å²) < 4.78 is 0. The number of aliphatic hydroxyl groups is 1. The van der Waals surface area contributed by atoms with Gasteiger partial charge < -0.3 is 10.4 Å². The number of benzene rings is 3. The molecule has 3 aromatic carbocycles. The Balaban J connectivity index is 2.07. The fourth-order valence-corrected chi connectivity index (χ4v) is 3.07. The van der Waals surface area contributed by atoms with Crippen molar-refractivity contribution in [1.82, 2.24) is 5.32 Å². The Morgan fingerprint density at radius 1 is 0.864 bits per heavy atom. The van der Waals surface area contributed by atoms with Gasteiger partial charge in [-0.2, -0.15) is 0 Å². The SMILES string of the molecule is CNC[C@@H](c1cccc2ccccc12)C(O)c1ccccc1. The summed E-state index contributed by atoms with van der Waals surface area (Å²) in [6.07, 6.45) is -0.528. The van der Waals surface area contributed by atoms with Crippen LogP contribution in [0, 0.1) is 0 Å². The van der Waals surface area contributed by atoms with Gasteiger partial charge in [0.1, 0.15) is 0 Å². The lowest BCUT2D eigenvalue weighted by Crippen LogP contribution is -2.23. The van der Waals surface area contributed by atoms with Crippen molar-refractivity contribution in [3.63, 3.8) is 0 Å². The van der Waals surface area contributed by atoms with Gasteiger partial charge in [-0.25, -0.2) is 0 Å². The van der Waals surface area contributed by atoms with Crippen LogP contribution < -0.4 is 5.32 Å². The highest BCUT2D eigenvalue weighted by atomic mass is 16.3. The van der Waals surface area contributed by atoms with Gasteiger partial charge in [0.05, 0.1) is 6.10 Å². The van der Waals surface area contributed by atoms with Crippen LogP contribution in [0.15, 0.2) is 72.8 Å². The first kappa shape index (κ1) is 14.8. The van der Waals surface area contributed by atoms with Gasteiger partial charge in [-0.15, -0.1) is 0 Å². The molecule has 2 atom stereocenters. The van der Waals surface area contributed by atoms with Crippen LogP contribution in [0.1, 0.15) is 23.1 Å². The first-order chi connectivity index (χ1) is 10.8. The summed E-state index contributed by atoms with van der Waals surface area (Å²) in [5, 5.41) is 16.5. The van der Waals surface area contributed by atoms with Crippen molar-refractivity contribution in [1.29, 1.82) is 0 Å². The van der Waals surface area contributed by atoms with Crippen LogP contribution in [-0.4, -0.2) is 18.7 Å². The van der Waals surface area contributed by atoms with Crippen LogP contribution in [0.4, 0.5) is 0 Å². The molecule has 0 aliphatic carbocycles. The Morgan fingerprint density at radius 3 is 2.32 bits per heavy atom. The van der Waals surface area contributed by atoms with Crippen LogP contribution in [0.2, 0.25) is 0 Å². The smallest absolute Gasteiger partial charge is 0.0870 e. The second-order valence-corrected chi connectivity index (χ2v) is 5.59. The van der Waals surface area contributed by atoms with Crippen molar-refractivity contribution >= 4 is 10.8 Å². The molecule has 2 heteroatoms. The third kappa shape index (κ3) is 2.89. The zero-order chi connectivity index (χ0) is 15.4. The summed E-state index contributed by atoms with van der Waals surface area (Å²) in [4.78, 5) is 0. The molecule has 2 nitrogen and oxygen atoms in total. The van der Waals surface area contributed by atoms with E-state index in [1.807, 2.05) is 43.4 Å². The Kier molecular flexibility index (Phi) is 4.52. The molecule has 0 fully saturated rings. The van der Waals surface area contributed by atoms with E-state index in [4.69, 9.17) is 0 Å². The summed E-state index contributed by atoms with van der Waals surface area (Å²) in [5.74, 6) is 0.0125. The van der Waals surface area contributed by atoms with Gasteiger partial charge in [0.2, 0.25) is 0 Å². The maximum Gasteiger partial charge on any atom is 0.0870 e. The highest BCUT2D eigenvalue weighted by Gasteiger charge is 2.23. The molecule has 0 aliphatic heterocycles. The zero-order valence-corrected chi connectivity index (χ0v) is 12.7. The maximum atomic E-state index is 10.9. The number of likely N-dealkylation sites (N-methyl/N-ethyl adjacent to an activating group) is 1. The Labute approximate surface area is 131 Å². The first-order valence-corrected chi connectivity index (χ1v) is 7.66. The van der Waals surface area contributed by atoms with E-state index in [-0.39, 0.29) is 5.92 Å². The number of rotatable bonds is 5. The van der Waals surface area contributed by atoms with Gasteiger partial charge in [-0.05, 0) is 28.9 Å². The Bertz CT molecular complexity index is 734. The van der Waals surface area contributed by atoms with Crippen molar-refractivity contribution in [2.45, 2.75) is 12.0 Å².